The molecule has 15 heavy (non-hydrogen) atoms. The van der Waals surface area contributed by atoms with Crippen LogP contribution in [0, 0.1) is 5.92 Å². The summed E-state index contributed by atoms with van der Waals surface area (Å²) in [4.78, 5) is 0. The maximum absolute atomic E-state index is 5.76. The highest BCUT2D eigenvalue weighted by Crippen LogP contribution is 2.37. The Bertz CT molecular complexity index is 324. The summed E-state index contributed by atoms with van der Waals surface area (Å²) in [5.41, 5.74) is 8.02. The number of aromatic nitrogens is 1. The SMILES string of the molecule is CCc1c(C2CCC(C)CC2)noc1N. The number of nitrogens with zero attached hydrogens (tertiary/aromatic N) is 1. The summed E-state index contributed by atoms with van der Waals surface area (Å²) in [5.74, 6) is 1.97. The van der Waals surface area contributed by atoms with Crippen molar-refractivity contribution in [2.45, 2.75) is 51.9 Å². The zero-order chi connectivity index (χ0) is 10.8. The van der Waals surface area contributed by atoms with Crippen LogP contribution in [0.5, 0.6) is 0 Å². The molecule has 1 aromatic rings. The third-order valence-corrected chi connectivity index (χ3v) is 3.61. The molecular weight excluding hydrogens is 188 g/mol. The van der Waals surface area contributed by atoms with E-state index in [1.54, 1.807) is 0 Å². The van der Waals surface area contributed by atoms with E-state index in [4.69, 9.17) is 10.3 Å². The largest absolute Gasteiger partial charge is 0.367 e. The van der Waals surface area contributed by atoms with Crippen molar-refractivity contribution in [3.05, 3.63) is 11.3 Å². The molecule has 3 heteroatoms. The molecule has 2 rings (SSSR count). The molecule has 0 aromatic carbocycles. The molecule has 1 aromatic heterocycles. The van der Waals surface area contributed by atoms with Crippen LogP contribution in [0.1, 0.15) is 56.7 Å². The molecule has 84 valence electrons. The molecule has 1 aliphatic rings. The lowest BCUT2D eigenvalue weighted by Crippen LogP contribution is -2.12. The first-order valence-electron chi connectivity index (χ1n) is 5.96. The van der Waals surface area contributed by atoms with E-state index in [1.165, 1.54) is 25.7 Å². The fourth-order valence-corrected chi connectivity index (χ4v) is 2.54. The summed E-state index contributed by atoms with van der Waals surface area (Å²) < 4.78 is 5.09. The normalized spacial score (nSPS) is 26.8. The summed E-state index contributed by atoms with van der Waals surface area (Å²) in [7, 11) is 0. The number of hydrogen-bond donors (Lipinski definition) is 1. The Hall–Kier alpha value is -0.990. The van der Waals surface area contributed by atoms with Gasteiger partial charge in [0.2, 0.25) is 5.88 Å². The van der Waals surface area contributed by atoms with E-state index in [1.807, 2.05) is 0 Å². The Labute approximate surface area is 91.0 Å². The smallest absolute Gasteiger partial charge is 0.225 e. The van der Waals surface area contributed by atoms with Crippen molar-refractivity contribution in [2.24, 2.45) is 5.92 Å². The van der Waals surface area contributed by atoms with Gasteiger partial charge in [-0.05, 0) is 25.2 Å². The van der Waals surface area contributed by atoms with Crippen LogP contribution in [0.2, 0.25) is 0 Å². The van der Waals surface area contributed by atoms with Crippen LogP contribution in [0.25, 0.3) is 0 Å². The number of nitrogens with two attached hydrogens (primary N) is 1. The Morgan fingerprint density at radius 1 is 1.33 bits per heavy atom. The highest BCUT2D eigenvalue weighted by atomic mass is 16.5. The van der Waals surface area contributed by atoms with Gasteiger partial charge in [-0.15, -0.1) is 0 Å². The summed E-state index contributed by atoms with van der Waals surface area (Å²) in [6.07, 6.45) is 6.01. The highest BCUT2D eigenvalue weighted by molar-refractivity contribution is 5.40. The van der Waals surface area contributed by atoms with Gasteiger partial charge in [-0.3, -0.25) is 0 Å². The second kappa shape index (κ2) is 4.25. The van der Waals surface area contributed by atoms with Crippen LogP contribution in [-0.4, -0.2) is 5.16 Å². The van der Waals surface area contributed by atoms with Gasteiger partial charge in [0.05, 0.1) is 5.69 Å². The fourth-order valence-electron chi connectivity index (χ4n) is 2.54. The Morgan fingerprint density at radius 2 is 2.00 bits per heavy atom. The van der Waals surface area contributed by atoms with Gasteiger partial charge in [0.15, 0.2) is 0 Å². The van der Waals surface area contributed by atoms with E-state index < -0.39 is 0 Å². The van der Waals surface area contributed by atoms with Crippen LogP contribution >= 0.6 is 0 Å². The molecule has 1 saturated carbocycles. The molecule has 0 atom stereocenters. The average molecular weight is 208 g/mol. The third kappa shape index (κ3) is 2.01. The van der Waals surface area contributed by atoms with Gasteiger partial charge in [0.25, 0.3) is 0 Å². The topological polar surface area (TPSA) is 52.0 Å². The quantitative estimate of drug-likeness (QED) is 0.812. The first kappa shape index (κ1) is 10.5. The second-order valence-corrected chi connectivity index (χ2v) is 4.72. The predicted molar refractivity (Wildman–Crippen MR) is 60.7 cm³/mol. The monoisotopic (exact) mass is 208 g/mol. The molecule has 1 heterocycles. The summed E-state index contributed by atoms with van der Waals surface area (Å²) in [6.45, 7) is 4.44. The van der Waals surface area contributed by atoms with Crippen LogP contribution in [0.4, 0.5) is 5.88 Å². The molecular formula is C12H20N2O. The number of rotatable bonds is 2. The van der Waals surface area contributed by atoms with Gasteiger partial charge in [0, 0.05) is 11.5 Å². The number of nitrogen functional groups attached to an aromatic ring is 1. The molecule has 3 nitrogen and oxygen atoms in total. The van der Waals surface area contributed by atoms with Crippen molar-refractivity contribution in [1.82, 2.24) is 5.16 Å². The molecule has 0 saturated heterocycles. The maximum Gasteiger partial charge on any atom is 0.225 e. The second-order valence-electron chi connectivity index (χ2n) is 4.72. The van der Waals surface area contributed by atoms with Crippen molar-refractivity contribution in [3.63, 3.8) is 0 Å². The van der Waals surface area contributed by atoms with Gasteiger partial charge in [-0.25, -0.2) is 0 Å². The van der Waals surface area contributed by atoms with E-state index in [2.05, 4.69) is 19.0 Å². The molecule has 0 radical (unpaired) electrons. The lowest BCUT2D eigenvalue weighted by atomic mass is 9.80. The standard InChI is InChI=1S/C12H20N2O/c1-3-10-11(14-15-12(10)13)9-6-4-8(2)5-7-9/h8-9H,3-7,13H2,1-2H3. The van der Waals surface area contributed by atoms with Crippen LogP contribution < -0.4 is 5.73 Å². The lowest BCUT2D eigenvalue weighted by molar-refractivity contribution is 0.330. The lowest BCUT2D eigenvalue weighted by Gasteiger charge is -2.25. The summed E-state index contributed by atoms with van der Waals surface area (Å²) in [6, 6.07) is 0. The van der Waals surface area contributed by atoms with Gasteiger partial charge in [-0.1, -0.05) is 31.8 Å². The van der Waals surface area contributed by atoms with E-state index in [-0.39, 0.29) is 0 Å². The first-order valence-corrected chi connectivity index (χ1v) is 5.96. The van der Waals surface area contributed by atoms with Crippen molar-refractivity contribution < 1.29 is 4.52 Å². The molecule has 0 spiro atoms. The van der Waals surface area contributed by atoms with Crippen molar-refractivity contribution in [3.8, 4) is 0 Å². The Kier molecular flexibility index (Phi) is 2.98. The molecule has 0 amide bonds. The van der Waals surface area contributed by atoms with E-state index in [0.717, 1.165) is 23.6 Å². The zero-order valence-electron chi connectivity index (χ0n) is 9.62. The minimum atomic E-state index is 0.520. The fraction of sp³-hybridized carbons (Fsp3) is 0.750. The molecule has 0 bridgehead atoms. The molecule has 1 fully saturated rings. The van der Waals surface area contributed by atoms with Gasteiger partial charge >= 0.3 is 0 Å². The minimum Gasteiger partial charge on any atom is -0.367 e. The molecule has 0 unspecified atom stereocenters. The van der Waals surface area contributed by atoms with Crippen molar-refractivity contribution in [2.75, 3.05) is 5.73 Å². The van der Waals surface area contributed by atoms with Gasteiger partial charge in [0.1, 0.15) is 0 Å². The van der Waals surface area contributed by atoms with Gasteiger partial charge < -0.3 is 10.3 Å². The molecule has 0 aliphatic heterocycles. The van der Waals surface area contributed by atoms with Gasteiger partial charge in [-0.2, -0.15) is 0 Å². The zero-order valence-corrected chi connectivity index (χ0v) is 9.62. The summed E-state index contributed by atoms with van der Waals surface area (Å²) >= 11 is 0. The van der Waals surface area contributed by atoms with Crippen LogP contribution in [-0.2, 0) is 6.42 Å². The predicted octanol–water partition coefficient (Wildman–Crippen LogP) is 3.11. The highest BCUT2D eigenvalue weighted by Gasteiger charge is 2.25. The molecule has 1 aliphatic carbocycles. The van der Waals surface area contributed by atoms with E-state index >= 15 is 0 Å². The van der Waals surface area contributed by atoms with Crippen LogP contribution in [0.3, 0.4) is 0 Å². The van der Waals surface area contributed by atoms with E-state index in [0.29, 0.717) is 11.8 Å². The maximum atomic E-state index is 5.76. The Balaban J connectivity index is 2.15. The Morgan fingerprint density at radius 3 is 2.60 bits per heavy atom. The average Bonchev–Trinajstić information content (AvgIpc) is 2.61. The van der Waals surface area contributed by atoms with Crippen molar-refractivity contribution >= 4 is 5.88 Å². The summed E-state index contributed by atoms with van der Waals surface area (Å²) in [5, 5.41) is 4.14. The van der Waals surface area contributed by atoms with Crippen molar-refractivity contribution in [1.29, 1.82) is 0 Å². The van der Waals surface area contributed by atoms with E-state index in [9.17, 15) is 0 Å². The van der Waals surface area contributed by atoms with Crippen LogP contribution in [0.15, 0.2) is 4.52 Å². The number of anilines is 1. The first-order chi connectivity index (χ1) is 7.22. The molecule has 2 N–H and O–H groups in total. The minimum absolute atomic E-state index is 0.520. The third-order valence-electron chi connectivity index (χ3n) is 3.61. The number of hydrogen-bond acceptors (Lipinski definition) is 3.